The van der Waals surface area contributed by atoms with E-state index in [1.807, 2.05) is 0 Å². The van der Waals surface area contributed by atoms with E-state index in [0.717, 1.165) is 37.5 Å². The third-order valence-electron chi connectivity index (χ3n) is 5.11. The lowest BCUT2D eigenvalue weighted by atomic mass is 9.99. The van der Waals surface area contributed by atoms with Gasteiger partial charge in [-0.15, -0.1) is 0 Å². The Kier molecular flexibility index (Phi) is 6.75. The van der Waals surface area contributed by atoms with Crippen molar-refractivity contribution in [3.63, 3.8) is 0 Å². The Hall–Kier alpha value is -2.31. The molecule has 0 atom stereocenters. The average Bonchev–Trinajstić information content (AvgIpc) is 2.67. The van der Waals surface area contributed by atoms with Gasteiger partial charge in [0.05, 0.1) is 13.3 Å². The molecule has 2 heterocycles. The fraction of sp³-hybridized carbons (Fsp3) is 0.429. The smallest absolute Gasteiger partial charge is 0.244 e. The van der Waals surface area contributed by atoms with Crippen LogP contribution >= 0.6 is 11.6 Å². The van der Waals surface area contributed by atoms with Crippen molar-refractivity contribution >= 4 is 23.2 Å². The summed E-state index contributed by atoms with van der Waals surface area (Å²) in [5, 5.41) is 3.47. The number of nitrogens with zero attached hydrogens (tertiary/aromatic N) is 2. The lowest BCUT2D eigenvalue weighted by Crippen LogP contribution is -2.34. The lowest BCUT2D eigenvalue weighted by molar-refractivity contribution is -0.116. The third-order valence-corrected chi connectivity index (χ3v) is 5.36. The molecular formula is C21H26ClN3O3. The van der Waals surface area contributed by atoms with Gasteiger partial charge < -0.3 is 14.6 Å². The van der Waals surface area contributed by atoms with Gasteiger partial charge in [-0.25, -0.2) is 0 Å². The van der Waals surface area contributed by atoms with Crippen LogP contribution in [0.2, 0.25) is 5.02 Å². The standard InChI is InChI=1S/C21H26ClN3O3/c1-15-7-9-24(10-8-15)12-18-11-19(26)20(28-2)13-25(18)14-21(27)23-17-5-3-16(22)4-6-17/h3-6,11,13,15H,7-10,12,14H2,1-2H3,(H,23,27). The minimum absolute atomic E-state index is 0.0961. The first-order valence-electron chi connectivity index (χ1n) is 9.49. The normalized spacial score (nSPS) is 15.4. The summed E-state index contributed by atoms with van der Waals surface area (Å²) in [6, 6.07) is 8.53. The summed E-state index contributed by atoms with van der Waals surface area (Å²) in [4.78, 5) is 27.1. The Morgan fingerprint density at radius 2 is 1.93 bits per heavy atom. The Balaban J connectivity index is 1.76. The van der Waals surface area contributed by atoms with Gasteiger partial charge in [0.2, 0.25) is 11.3 Å². The molecule has 1 aromatic carbocycles. The number of carbonyl (C=O) groups excluding carboxylic acids is 1. The highest BCUT2D eigenvalue weighted by Gasteiger charge is 2.18. The summed E-state index contributed by atoms with van der Waals surface area (Å²) >= 11 is 5.88. The molecule has 1 aliphatic heterocycles. The number of anilines is 1. The van der Waals surface area contributed by atoms with E-state index in [1.165, 1.54) is 7.11 Å². The summed E-state index contributed by atoms with van der Waals surface area (Å²) in [6.07, 6.45) is 3.92. The topological polar surface area (TPSA) is 63.6 Å². The summed E-state index contributed by atoms with van der Waals surface area (Å²) in [7, 11) is 1.46. The third kappa shape index (κ3) is 5.36. The van der Waals surface area contributed by atoms with Crippen molar-refractivity contribution in [2.45, 2.75) is 32.9 Å². The van der Waals surface area contributed by atoms with Crippen LogP contribution < -0.4 is 15.5 Å². The Bertz CT molecular complexity index is 871. The molecule has 2 aromatic rings. The largest absolute Gasteiger partial charge is 0.491 e. The second-order valence-electron chi connectivity index (χ2n) is 7.34. The molecule has 0 bridgehead atoms. The minimum atomic E-state index is -0.179. The first-order chi connectivity index (χ1) is 13.4. The molecule has 150 valence electrons. The molecule has 1 N–H and O–H groups in total. The van der Waals surface area contributed by atoms with E-state index in [4.69, 9.17) is 16.3 Å². The van der Waals surface area contributed by atoms with Crippen LogP contribution in [0.25, 0.3) is 0 Å². The van der Waals surface area contributed by atoms with Gasteiger partial charge >= 0.3 is 0 Å². The van der Waals surface area contributed by atoms with Crippen LogP contribution in [-0.2, 0) is 17.9 Å². The number of hydrogen-bond donors (Lipinski definition) is 1. The van der Waals surface area contributed by atoms with Gasteiger partial charge in [-0.05, 0) is 56.1 Å². The maximum atomic E-state index is 12.5. The summed E-state index contributed by atoms with van der Waals surface area (Å²) in [5.41, 5.74) is 1.32. The van der Waals surface area contributed by atoms with Crippen molar-refractivity contribution in [1.29, 1.82) is 0 Å². The zero-order valence-electron chi connectivity index (χ0n) is 16.3. The van der Waals surface area contributed by atoms with Gasteiger partial charge in [-0.2, -0.15) is 0 Å². The molecule has 1 fully saturated rings. The molecule has 1 amide bonds. The number of halogens is 1. The molecule has 7 heteroatoms. The zero-order valence-corrected chi connectivity index (χ0v) is 17.0. The average molecular weight is 404 g/mol. The Labute approximate surface area is 170 Å². The van der Waals surface area contributed by atoms with Crippen LogP contribution in [0.4, 0.5) is 5.69 Å². The molecule has 1 aliphatic rings. The van der Waals surface area contributed by atoms with E-state index in [1.54, 1.807) is 41.1 Å². The van der Waals surface area contributed by atoms with Crippen LogP contribution in [0.3, 0.4) is 0 Å². The maximum Gasteiger partial charge on any atom is 0.244 e. The highest BCUT2D eigenvalue weighted by molar-refractivity contribution is 6.30. The minimum Gasteiger partial charge on any atom is -0.491 e. The zero-order chi connectivity index (χ0) is 20.1. The number of piperidine rings is 1. The molecule has 0 aliphatic carbocycles. The number of carbonyl (C=O) groups is 1. The summed E-state index contributed by atoms with van der Waals surface area (Å²) in [6.45, 7) is 5.00. The van der Waals surface area contributed by atoms with Crippen LogP contribution in [0.5, 0.6) is 5.75 Å². The van der Waals surface area contributed by atoms with Crippen molar-refractivity contribution in [3.05, 3.63) is 57.5 Å². The number of aromatic nitrogens is 1. The van der Waals surface area contributed by atoms with Crippen LogP contribution in [0.15, 0.2) is 41.3 Å². The fourth-order valence-electron chi connectivity index (χ4n) is 3.37. The van der Waals surface area contributed by atoms with Crippen LogP contribution in [0, 0.1) is 5.92 Å². The predicted molar refractivity (Wildman–Crippen MR) is 111 cm³/mol. The molecule has 0 radical (unpaired) electrons. The van der Waals surface area contributed by atoms with E-state index in [9.17, 15) is 9.59 Å². The van der Waals surface area contributed by atoms with Gasteiger partial charge in [-0.1, -0.05) is 18.5 Å². The van der Waals surface area contributed by atoms with Gasteiger partial charge in [0.25, 0.3) is 0 Å². The number of methoxy groups -OCH3 is 1. The van der Waals surface area contributed by atoms with E-state index >= 15 is 0 Å². The number of rotatable bonds is 6. The number of hydrogen-bond acceptors (Lipinski definition) is 4. The molecule has 1 aromatic heterocycles. The Morgan fingerprint density at radius 1 is 1.25 bits per heavy atom. The quantitative estimate of drug-likeness (QED) is 0.803. The number of ether oxygens (including phenoxy) is 1. The number of amides is 1. The first-order valence-corrected chi connectivity index (χ1v) is 9.87. The van der Waals surface area contributed by atoms with Crippen molar-refractivity contribution < 1.29 is 9.53 Å². The molecule has 0 saturated carbocycles. The molecular weight excluding hydrogens is 378 g/mol. The molecule has 3 rings (SSSR count). The van der Waals surface area contributed by atoms with Gasteiger partial charge in [0.1, 0.15) is 6.54 Å². The molecule has 1 saturated heterocycles. The second kappa shape index (κ2) is 9.26. The summed E-state index contributed by atoms with van der Waals surface area (Å²) < 4.78 is 6.96. The summed E-state index contributed by atoms with van der Waals surface area (Å²) in [5.74, 6) is 0.788. The number of likely N-dealkylation sites (tertiary alicyclic amines) is 1. The van der Waals surface area contributed by atoms with Crippen LogP contribution in [-0.4, -0.2) is 35.6 Å². The van der Waals surface area contributed by atoms with Gasteiger partial charge in [-0.3, -0.25) is 14.5 Å². The Morgan fingerprint density at radius 3 is 2.57 bits per heavy atom. The number of nitrogens with one attached hydrogen (secondary N) is 1. The van der Waals surface area contributed by atoms with Crippen molar-refractivity contribution in [2.75, 3.05) is 25.5 Å². The van der Waals surface area contributed by atoms with Crippen molar-refractivity contribution in [1.82, 2.24) is 9.47 Å². The monoisotopic (exact) mass is 403 g/mol. The first kappa shape index (κ1) is 20.4. The predicted octanol–water partition coefficient (Wildman–Crippen LogP) is 3.38. The molecule has 28 heavy (non-hydrogen) atoms. The lowest BCUT2D eigenvalue weighted by Gasteiger charge is -2.31. The fourth-order valence-corrected chi connectivity index (χ4v) is 3.49. The van der Waals surface area contributed by atoms with Gasteiger partial charge in [0, 0.05) is 29.0 Å². The van der Waals surface area contributed by atoms with E-state index in [-0.39, 0.29) is 23.6 Å². The van der Waals surface area contributed by atoms with E-state index in [0.29, 0.717) is 17.3 Å². The van der Waals surface area contributed by atoms with Gasteiger partial charge in [0.15, 0.2) is 5.75 Å². The highest BCUT2D eigenvalue weighted by atomic mass is 35.5. The highest BCUT2D eigenvalue weighted by Crippen LogP contribution is 2.19. The number of benzene rings is 1. The number of pyridine rings is 1. The molecule has 0 unspecified atom stereocenters. The van der Waals surface area contributed by atoms with E-state index < -0.39 is 0 Å². The van der Waals surface area contributed by atoms with Crippen molar-refractivity contribution in [2.24, 2.45) is 5.92 Å². The van der Waals surface area contributed by atoms with E-state index in [2.05, 4.69) is 17.1 Å². The SMILES string of the molecule is COc1cn(CC(=O)Nc2ccc(Cl)cc2)c(CN2CCC(C)CC2)cc1=O. The second-order valence-corrected chi connectivity index (χ2v) is 7.78. The van der Waals surface area contributed by atoms with Crippen LogP contribution in [0.1, 0.15) is 25.5 Å². The molecule has 6 nitrogen and oxygen atoms in total. The maximum absolute atomic E-state index is 12.5. The molecule has 0 spiro atoms. The van der Waals surface area contributed by atoms with Crippen molar-refractivity contribution in [3.8, 4) is 5.75 Å².